The smallest absolute Gasteiger partial charge is 0.348 e. The first-order valence-corrected chi connectivity index (χ1v) is 6.93. The molecule has 1 aromatic rings. The van der Waals surface area contributed by atoms with E-state index in [1.165, 1.54) is 17.4 Å². The lowest BCUT2D eigenvalue weighted by molar-refractivity contribution is 0.148. The summed E-state index contributed by atoms with van der Waals surface area (Å²) in [5, 5.41) is 13.2. The van der Waals surface area contributed by atoms with Crippen LogP contribution in [0, 0.1) is 13.8 Å². The molecule has 100 valence electrons. The van der Waals surface area contributed by atoms with Crippen LogP contribution in [0.3, 0.4) is 0 Å². The van der Waals surface area contributed by atoms with Crippen molar-refractivity contribution in [1.82, 2.24) is 14.9 Å². The number of aromatic nitrogens is 2. The molecule has 1 aliphatic rings. The highest BCUT2D eigenvalue weighted by Gasteiger charge is 2.21. The third kappa shape index (κ3) is 3.18. The van der Waals surface area contributed by atoms with Gasteiger partial charge >= 0.3 is 5.69 Å². The normalized spacial score (nSPS) is 16.9. The van der Waals surface area contributed by atoms with Crippen LogP contribution in [0.15, 0.2) is 9.27 Å². The average Bonchev–Trinajstić information content (AvgIpc) is 3.13. The summed E-state index contributed by atoms with van der Waals surface area (Å²) in [7, 11) is 0. The number of aliphatic hydroxyl groups is 1. The monoisotopic (exact) mass is 315 g/mol. The Labute approximate surface area is 114 Å². The lowest BCUT2D eigenvalue weighted by Crippen LogP contribution is -2.36. The van der Waals surface area contributed by atoms with Crippen LogP contribution in [0.1, 0.15) is 24.2 Å². The van der Waals surface area contributed by atoms with Gasteiger partial charge in [0.05, 0.1) is 22.8 Å². The van der Waals surface area contributed by atoms with Gasteiger partial charge in [0.15, 0.2) is 0 Å². The second-order valence-electron chi connectivity index (χ2n) is 4.83. The van der Waals surface area contributed by atoms with Crippen molar-refractivity contribution in [3.05, 3.63) is 26.3 Å². The molecule has 2 N–H and O–H groups in total. The first-order valence-electron chi connectivity index (χ1n) is 6.14. The zero-order valence-electron chi connectivity index (χ0n) is 10.6. The van der Waals surface area contributed by atoms with Crippen LogP contribution >= 0.6 is 15.9 Å². The van der Waals surface area contributed by atoms with Crippen LogP contribution in [0.5, 0.6) is 0 Å². The molecule has 1 heterocycles. The Bertz CT molecular complexity index is 497. The highest BCUT2D eigenvalue weighted by molar-refractivity contribution is 9.10. The molecule has 0 spiro atoms. The molecule has 0 aliphatic heterocycles. The molecular weight excluding hydrogens is 298 g/mol. The Morgan fingerprint density at radius 1 is 1.56 bits per heavy atom. The van der Waals surface area contributed by atoms with Crippen LogP contribution in [0.2, 0.25) is 0 Å². The maximum absolute atomic E-state index is 11.8. The van der Waals surface area contributed by atoms with E-state index in [1.54, 1.807) is 6.92 Å². The van der Waals surface area contributed by atoms with Crippen molar-refractivity contribution in [2.45, 2.75) is 45.4 Å². The third-order valence-corrected chi connectivity index (χ3v) is 4.29. The van der Waals surface area contributed by atoms with E-state index in [4.69, 9.17) is 0 Å². The maximum atomic E-state index is 11.8. The van der Waals surface area contributed by atoms with Gasteiger partial charge in [0, 0.05) is 18.3 Å². The van der Waals surface area contributed by atoms with E-state index in [0.29, 0.717) is 18.3 Å². The number of hydrogen-bond donors (Lipinski definition) is 2. The fourth-order valence-corrected chi connectivity index (χ4v) is 2.16. The summed E-state index contributed by atoms with van der Waals surface area (Å²) in [6, 6.07) is 0.556. The predicted molar refractivity (Wildman–Crippen MR) is 72.7 cm³/mol. The van der Waals surface area contributed by atoms with Gasteiger partial charge < -0.3 is 10.4 Å². The van der Waals surface area contributed by atoms with Crippen molar-refractivity contribution in [2.75, 3.05) is 6.54 Å². The van der Waals surface area contributed by atoms with Crippen LogP contribution in [-0.2, 0) is 6.54 Å². The van der Waals surface area contributed by atoms with Gasteiger partial charge in [-0.15, -0.1) is 0 Å². The second kappa shape index (κ2) is 5.50. The minimum absolute atomic E-state index is 0.274. The van der Waals surface area contributed by atoms with Crippen molar-refractivity contribution in [1.29, 1.82) is 0 Å². The minimum atomic E-state index is -0.571. The summed E-state index contributed by atoms with van der Waals surface area (Å²) in [4.78, 5) is 15.7. The van der Waals surface area contributed by atoms with E-state index >= 15 is 0 Å². The van der Waals surface area contributed by atoms with Crippen molar-refractivity contribution in [2.24, 2.45) is 0 Å². The number of hydrogen-bond acceptors (Lipinski definition) is 4. The first kappa shape index (κ1) is 13.7. The van der Waals surface area contributed by atoms with Gasteiger partial charge in [-0.2, -0.15) is 4.98 Å². The maximum Gasteiger partial charge on any atom is 0.348 e. The molecule has 1 saturated carbocycles. The molecule has 5 nitrogen and oxygen atoms in total. The van der Waals surface area contributed by atoms with Crippen molar-refractivity contribution >= 4 is 15.9 Å². The predicted octanol–water partition coefficient (Wildman–Crippen LogP) is 0.736. The van der Waals surface area contributed by atoms with E-state index in [9.17, 15) is 9.90 Å². The summed E-state index contributed by atoms with van der Waals surface area (Å²) in [6.07, 6.45) is 1.80. The summed E-state index contributed by atoms with van der Waals surface area (Å²) >= 11 is 3.41. The fraction of sp³-hybridized carbons (Fsp3) is 0.667. The SMILES string of the molecule is Cc1nc(=O)n(CC(O)CNC2CC2)c(C)c1Br. The molecule has 6 heteroatoms. The molecule has 18 heavy (non-hydrogen) atoms. The Morgan fingerprint density at radius 3 is 2.83 bits per heavy atom. The standard InChI is InChI=1S/C12H18BrN3O2/c1-7-11(13)8(2)16(12(18)15-7)6-10(17)5-14-9-3-4-9/h9-10,14,17H,3-6H2,1-2H3. The van der Waals surface area contributed by atoms with E-state index in [0.717, 1.165) is 10.2 Å². The molecule has 0 saturated heterocycles. The van der Waals surface area contributed by atoms with Gasteiger partial charge in [-0.3, -0.25) is 4.57 Å². The van der Waals surface area contributed by atoms with Crippen LogP contribution in [0.4, 0.5) is 0 Å². The molecule has 2 rings (SSSR count). The Morgan fingerprint density at radius 2 is 2.22 bits per heavy atom. The first-order chi connectivity index (χ1) is 8.49. The van der Waals surface area contributed by atoms with Gasteiger partial charge in [-0.25, -0.2) is 4.79 Å². The summed E-state index contributed by atoms with van der Waals surface area (Å²) in [5.74, 6) is 0. The molecular formula is C12H18BrN3O2. The van der Waals surface area contributed by atoms with Gasteiger partial charge in [0.1, 0.15) is 0 Å². The molecule has 0 radical (unpaired) electrons. The molecule has 1 atom stereocenters. The zero-order chi connectivity index (χ0) is 13.3. The zero-order valence-corrected chi connectivity index (χ0v) is 12.2. The van der Waals surface area contributed by atoms with Crippen LogP contribution < -0.4 is 11.0 Å². The number of nitrogens with one attached hydrogen (secondary N) is 1. The summed E-state index contributed by atoms with van der Waals surface area (Å²) in [5.41, 5.74) is 1.18. The Kier molecular flexibility index (Phi) is 4.19. The third-order valence-electron chi connectivity index (χ3n) is 3.15. The van der Waals surface area contributed by atoms with Crippen LogP contribution in [0.25, 0.3) is 0 Å². The molecule has 1 aromatic heterocycles. The largest absolute Gasteiger partial charge is 0.390 e. The number of halogens is 1. The molecule has 1 unspecified atom stereocenters. The van der Waals surface area contributed by atoms with E-state index in [-0.39, 0.29) is 12.2 Å². The highest BCUT2D eigenvalue weighted by Crippen LogP contribution is 2.19. The fourth-order valence-electron chi connectivity index (χ4n) is 1.86. The molecule has 0 aromatic carbocycles. The van der Waals surface area contributed by atoms with Gasteiger partial charge in [-0.1, -0.05) is 0 Å². The summed E-state index contributed by atoms with van der Waals surface area (Å²) in [6.45, 7) is 4.42. The Balaban J connectivity index is 2.07. The molecule has 1 fully saturated rings. The second-order valence-corrected chi connectivity index (χ2v) is 5.62. The number of aliphatic hydroxyl groups excluding tert-OH is 1. The van der Waals surface area contributed by atoms with Crippen molar-refractivity contribution in [3.63, 3.8) is 0 Å². The highest BCUT2D eigenvalue weighted by atomic mass is 79.9. The number of nitrogens with zero attached hydrogens (tertiary/aromatic N) is 2. The van der Waals surface area contributed by atoms with E-state index in [2.05, 4.69) is 26.2 Å². The topological polar surface area (TPSA) is 67.2 Å². The summed E-state index contributed by atoms with van der Waals surface area (Å²) < 4.78 is 2.33. The quantitative estimate of drug-likeness (QED) is 0.841. The lowest BCUT2D eigenvalue weighted by atomic mass is 10.3. The van der Waals surface area contributed by atoms with Crippen LogP contribution in [-0.4, -0.2) is 33.3 Å². The minimum Gasteiger partial charge on any atom is -0.390 e. The van der Waals surface area contributed by atoms with Gasteiger partial charge in [0.2, 0.25) is 0 Å². The van der Waals surface area contributed by atoms with Gasteiger partial charge in [0.25, 0.3) is 0 Å². The Hall–Kier alpha value is -0.720. The number of rotatable bonds is 5. The number of aryl methyl sites for hydroxylation is 1. The van der Waals surface area contributed by atoms with E-state index < -0.39 is 6.10 Å². The molecule has 0 bridgehead atoms. The van der Waals surface area contributed by atoms with Crippen molar-refractivity contribution < 1.29 is 5.11 Å². The van der Waals surface area contributed by atoms with Crippen molar-refractivity contribution in [3.8, 4) is 0 Å². The molecule has 0 amide bonds. The van der Waals surface area contributed by atoms with E-state index in [1.807, 2.05) is 6.92 Å². The lowest BCUT2D eigenvalue weighted by Gasteiger charge is -2.16. The van der Waals surface area contributed by atoms with Gasteiger partial charge in [-0.05, 0) is 42.6 Å². The average molecular weight is 316 g/mol. The molecule has 1 aliphatic carbocycles.